The number of nitrogens with one attached hydrogen (secondary N) is 1. The summed E-state index contributed by atoms with van der Waals surface area (Å²) in [5, 5.41) is 21.6. The number of nitrogens with zero attached hydrogens (tertiary/aromatic N) is 1. The lowest BCUT2D eigenvalue weighted by Crippen LogP contribution is -2.34. The predicted molar refractivity (Wildman–Crippen MR) is 75.9 cm³/mol. The maximum atomic E-state index is 10.9. The largest absolute Gasteiger partial charge is 0.506 e. The van der Waals surface area contributed by atoms with E-state index in [1.807, 2.05) is 0 Å². The van der Waals surface area contributed by atoms with Crippen LogP contribution in [0.4, 0.5) is 0 Å². The minimum atomic E-state index is -4.68. The zero-order valence-electron chi connectivity index (χ0n) is 11.8. The first-order chi connectivity index (χ1) is 10.2. The van der Waals surface area contributed by atoms with Crippen molar-refractivity contribution in [2.45, 2.75) is 26.1 Å². The van der Waals surface area contributed by atoms with E-state index in [1.54, 1.807) is 0 Å². The van der Waals surface area contributed by atoms with Crippen LogP contribution >= 0.6 is 7.82 Å². The van der Waals surface area contributed by atoms with Crippen LogP contribution in [0, 0.1) is 6.92 Å². The van der Waals surface area contributed by atoms with Gasteiger partial charge in [0.2, 0.25) is 0 Å². The quantitative estimate of drug-likeness (QED) is 0.337. The molecule has 0 spiro atoms. The predicted octanol–water partition coefficient (Wildman–Crippen LogP) is 0.434. The van der Waals surface area contributed by atoms with Crippen LogP contribution in [0.25, 0.3) is 0 Å². The molecule has 5 N–H and O–H groups in total. The highest BCUT2D eigenvalue weighted by Gasteiger charge is 2.19. The second-order valence-electron chi connectivity index (χ2n) is 4.39. The summed E-state index contributed by atoms with van der Waals surface area (Å²) >= 11 is 0. The van der Waals surface area contributed by atoms with Gasteiger partial charge in [-0.15, -0.1) is 6.58 Å². The van der Waals surface area contributed by atoms with Crippen molar-refractivity contribution in [1.29, 1.82) is 0 Å². The monoisotopic (exact) mass is 332 g/mol. The summed E-state index contributed by atoms with van der Waals surface area (Å²) in [7, 11) is -4.68. The molecule has 0 bridgehead atoms. The Bertz CT molecular complexity index is 614. The number of rotatable bonds is 8. The molecule has 22 heavy (non-hydrogen) atoms. The standard InChI is InChI=1S/C12H17N2O7P/c1-3-10(12(16)17)14-5-9-8(6-21-22(18,19)20)4-13-7(2)11(9)15/h3-4,10,14-15H,1,5-6H2,2H3,(H,16,17)(H2,18,19,20). The van der Waals surface area contributed by atoms with Crippen molar-refractivity contribution in [3.8, 4) is 5.75 Å². The number of phosphoric ester groups is 1. The molecule has 0 fully saturated rings. The minimum Gasteiger partial charge on any atom is -0.506 e. The van der Waals surface area contributed by atoms with Gasteiger partial charge in [0.15, 0.2) is 0 Å². The number of hydrogen-bond donors (Lipinski definition) is 5. The molecule has 0 aliphatic carbocycles. The van der Waals surface area contributed by atoms with Crippen LogP contribution in [-0.2, 0) is 27.0 Å². The van der Waals surface area contributed by atoms with Crippen molar-refractivity contribution in [1.82, 2.24) is 10.3 Å². The van der Waals surface area contributed by atoms with Gasteiger partial charge < -0.3 is 20.0 Å². The average molecular weight is 332 g/mol. The molecule has 0 aromatic carbocycles. The molecule has 1 aromatic rings. The van der Waals surface area contributed by atoms with Gasteiger partial charge in [-0.1, -0.05) is 6.08 Å². The highest BCUT2D eigenvalue weighted by Crippen LogP contribution is 2.38. The lowest BCUT2D eigenvalue weighted by Gasteiger charge is -2.16. The van der Waals surface area contributed by atoms with Gasteiger partial charge in [-0.3, -0.25) is 19.6 Å². The van der Waals surface area contributed by atoms with Gasteiger partial charge in [0, 0.05) is 23.9 Å². The van der Waals surface area contributed by atoms with Crippen LogP contribution in [0.1, 0.15) is 16.8 Å². The zero-order chi connectivity index (χ0) is 16.9. The fourth-order valence-corrected chi connectivity index (χ4v) is 1.95. The van der Waals surface area contributed by atoms with Crippen LogP contribution < -0.4 is 5.32 Å². The highest BCUT2D eigenvalue weighted by molar-refractivity contribution is 7.46. The maximum Gasteiger partial charge on any atom is 0.469 e. The molecule has 0 amide bonds. The number of aromatic nitrogens is 1. The minimum absolute atomic E-state index is 0.0714. The Labute approximate surface area is 126 Å². The van der Waals surface area contributed by atoms with Crippen LogP contribution in [-0.4, -0.2) is 37.0 Å². The first kappa shape index (κ1) is 18.3. The lowest BCUT2D eigenvalue weighted by atomic mass is 10.1. The molecule has 9 nitrogen and oxygen atoms in total. The molecule has 1 unspecified atom stereocenters. The van der Waals surface area contributed by atoms with Gasteiger partial charge in [0.25, 0.3) is 0 Å². The van der Waals surface area contributed by atoms with Crippen LogP contribution in [0.3, 0.4) is 0 Å². The molecule has 10 heteroatoms. The Morgan fingerprint density at radius 3 is 2.73 bits per heavy atom. The lowest BCUT2D eigenvalue weighted by molar-refractivity contribution is -0.138. The Hall–Kier alpha value is -1.77. The first-order valence-electron chi connectivity index (χ1n) is 6.11. The van der Waals surface area contributed by atoms with E-state index in [9.17, 15) is 14.5 Å². The van der Waals surface area contributed by atoms with Gasteiger partial charge in [0.1, 0.15) is 11.8 Å². The van der Waals surface area contributed by atoms with E-state index >= 15 is 0 Å². The normalized spacial score (nSPS) is 12.9. The number of aromatic hydroxyl groups is 1. The molecule has 1 aromatic heterocycles. The molecule has 0 radical (unpaired) electrons. The Kier molecular flexibility index (Phi) is 6.21. The summed E-state index contributed by atoms with van der Waals surface area (Å²) in [6.45, 7) is 4.37. The van der Waals surface area contributed by atoms with Crippen molar-refractivity contribution in [3.63, 3.8) is 0 Å². The third-order valence-corrected chi connectivity index (χ3v) is 3.28. The van der Waals surface area contributed by atoms with Gasteiger partial charge in [-0.2, -0.15) is 0 Å². The van der Waals surface area contributed by atoms with Crippen LogP contribution in [0.15, 0.2) is 18.9 Å². The summed E-state index contributed by atoms with van der Waals surface area (Å²) in [6, 6.07) is -1.04. The van der Waals surface area contributed by atoms with Crippen molar-refractivity contribution >= 4 is 13.8 Å². The molecule has 0 saturated carbocycles. The molecular weight excluding hydrogens is 315 g/mol. The maximum absolute atomic E-state index is 10.9. The van der Waals surface area contributed by atoms with E-state index in [4.69, 9.17) is 14.9 Å². The van der Waals surface area contributed by atoms with E-state index in [1.165, 1.54) is 19.2 Å². The number of carboxylic acid groups (broad SMARTS) is 1. The number of phosphoric acid groups is 1. The highest BCUT2D eigenvalue weighted by atomic mass is 31.2. The summed E-state index contributed by atoms with van der Waals surface area (Å²) in [4.78, 5) is 32.2. The molecule has 0 aliphatic rings. The van der Waals surface area contributed by atoms with E-state index in [0.717, 1.165) is 0 Å². The molecule has 1 rings (SSSR count). The van der Waals surface area contributed by atoms with Gasteiger partial charge in [-0.05, 0) is 6.92 Å². The van der Waals surface area contributed by atoms with Crippen LogP contribution in [0.5, 0.6) is 5.75 Å². The number of carboxylic acids is 1. The van der Waals surface area contributed by atoms with Gasteiger partial charge >= 0.3 is 13.8 Å². The second-order valence-corrected chi connectivity index (χ2v) is 5.63. The summed E-state index contributed by atoms with van der Waals surface area (Å²) < 4.78 is 15.1. The second kappa shape index (κ2) is 7.48. The summed E-state index contributed by atoms with van der Waals surface area (Å²) in [5.41, 5.74) is 0.767. The molecule has 0 saturated heterocycles. The SMILES string of the molecule is C=CC(NCc1c(COP(=O)(O)O)cnc(C)c1O)C(=O)O. The van der Waals surface area contributed by atoms with Crippen molar-refractivity contribution < 1.29 is 33.9 Å². The Morgan fingerprint density at radius 1 is 1.59 bits per heavy atom. The van der Waals surface area contributed by atoms with Gasteiger partial charge in [0.05, 0.1) is 12.3 Å². The Balaban J connectivity index is 2.99. The first-order valence-corrected chi connectivity index (χ1v) is 7.64. The van der Waals surface area contributed by atoms with E-state index in [0.29, 0.717) is 5.69 Å². The van der Waals surface area contributed by atoms with Crippen molar-refractivity contribution in [2.24, 2.45) is 0 Å². The third kappa shape index (κ3) is 5.21. The van der Waals surface area contributed by atoms with E-state index < -0.39 is 26.4 Å². The zero-order valence-corrected chi connectivity index (χ0v) is 12.7. The molecule has 0 aliphatic heterocycles. The number of aliphatic carboxylic acids is 1. The number of aryl methyl sites for hydroxylation is 1. The summed E-state index contributed by atoms with van der Waals surface area (Å²) in [6.07, 6.45) is 2.48. The Morgan fingerprint density at radius 2 is 2.23 bits per heavy atom. The number of carbonyl (C=O) groups is 1. The number of pyridine rings is 1. The average Bonchev–Trinajstić information content (AvgIpc) is 2.41. The topological polar surface area (TPSA) is 149 Å². The molecule has 1 atom stereocenters. The smallest absolute Gasteiger partial charge is 0.469 e. The van der Waals surface area contributed by atoms with Crippen LogP contribution in [0.2, 0.25) is 0 Å². The fraction of sp³-hybridized carbons (Fsp3) is 0.333. The fourth-order valence-electron chi connectivity index (χ4n) is 1.64. The van der Waals surface area contributed by atoms with Gasteiger partial charge in [-0.25, -0.2) is 4.57 Å². The molecule has 122 valence electrons. The van der Waals surface area contributed by atoms with E-state index in [-0.39, 0.29) is 23.4 Å². The molecular formula is C12H17N2O7P. The third-order valence-electron chi connectivity index (χ3n) is 2.82. The summed E-state index contributed by atoms with van der Waals surface area (Å²) in [5.74, 6) is -1.35. The van der Waals surface area contributed by atoms with E-state index in [2.05, 4.69) is 21.4 Å². The molecule has 1 heterocycles. The van der Waals surface area contributed by atoms with Crippen molar-refractivity contribution in [3.05, 3.63) is 35.7 Å². The van der Waals surface area contributed by atoms with Crippen molar-refractivity contribution in [2.75, 3.05) is 0 Å². The number of hydrogen-bond acceptors (Lipinski definition) is 6.